The van der Waals surface area contributed by atoms with Crippen LogP contribution in [0.15, 0.2) is 48.0 Å². The SMILES string of the molecule is COc1ccc(/C=C2\C(=O)NC(=S)N(c3ccccc3OC)C2=O)cc1C. The maximum atomic E-state index is 13.1. The average molecular weight is 382 g/mol. The minimum absolute atomic E-state index is 0.0116. The largest absolute Gasteiger partial charge is 0.496 e. The number of ether oxygens (including phenoxy) is 2. The Labute approximate surface area is 162 Å². The number of thiocarbonyl (C=S) groups is 1. The molecule has 1 heterocycles. The number of nitrogens with one attached hydrogen (secondary N) is 1. The van der Waals surface area contributed by atoms with Crippen molar-refractivity contribution in [3.05, 3.63) is 59.2 Å². The van der Waals surface area contributed by atoms with E-state index in [-0.39, 0.29) is 10.7 Å². The first-order chi connectivity index (χ1) is 13.0. The summed E-state index contributed by atoms with van der Waals surface area (Å²) < 4.78 is 10.6. The number of nitrogens with zero attached hydrogens (tertiary/aromatic N) is 1. The Kier molecular flexibility index (Phi) is 5.23. The van der Waals surface area contributed by atoms with Crippen LogP contribution in [-0.4, -0.2) is 31.1 Å². The van der Waals surface area contributed by atoms with Crippen molar-refractivity contribution in [2.24, 2.45) is 0 Å². The molecule has 0 unspecified atom stereocenters. The quantitative estimate of drug-likeness (QED) is 0.500. The molecule has 138 valence electrons. The predicted molar refractivity (Wildman–Crippen MR) is 107 cm³/mol. The van der Waals surface area contributed by atoms with Gasteiger partial charge in [0.25, 0.3) is 11.8 Å². The van der Waals surface area contributed by atoms with Crippen molar-refractivity contribution in [2.45, 2.75) is 6.92 Å². The van der Waals surface area contributed by atoms with Gasteiger partial charge in [0.2, 0.25) is 0 Å². The summed E-state index contributed by atoms with van der Waals surface area (Å²) in [6, 6.07) is 12.4. The summed E-state index contributed by atoms with van der Waals surface area (Å²) in [5, 5.41) is 2.58. The second-order valence-electron chi connectivity index (χ2n) is 5.86. The van der Waals surface area contributed by atoms with E-state index in [0.717, 1.165) is 11.3 Å². The fraction of sp³-hybridized carbons (Fsp3) is 0.150. The number of para-hydroxylation sites is 2. The molecule has 2 aromatic carbocycles. The number of aryl methyl sites for hydroxylation is 1. The standard InChI is InChI=1S/C20H18N2O4S/c1-12-10-13(8-9-16(12)25-2)11-14-18(23)21-20(27)22(19(14)24)15-6-4-5-7-17(15)26-3/h4-11H,1-3H3,(H,21,23,27)/b14-11+. The van der Waals surface area contributed by atoms with E-state index in [1.807, 2.05) is 13.0 Å². The third-order valence-corrected chi connectivity index (χ3v) is 4.44. The Morgan fingerprint density at radius 3 is 2.41 bits per heavy atom. The number of hydrogen-bond acceptors (Lipinski definition) is 5. The van der Waals surface area contributed by atoms with Crippen LogP contribution < -0.4 is 19.7 Å². The Balaban J connectivity index is 2.03. The van der Waals surface area contributed by atoms with Crippen molar-refractivity contribution in [1.29, 1.82) is 0 Å². The molecule has 0 atom stereocenters. The van der Waals surface area contributed by atoms with Gasteiger partial charge >= 0.3 is 0 Å². The molecule has 27 heavy (non-hydrogen) atoms. The smallest absolute Gasteiger partial charge is 0.270 e. The van der Waals surface area contributed by atoms with Crippen molar-refractivity contribution < 1.29 is 19.1 Å². The van der Waals surface area contributed by atoms with Crippen LogP contribution in [0.2, 0.25) is 0 Å². The van der Waals surface area contributed by atoms with Gasteiger partial charge in [-0.3, -0.25) is 14.9 Å². The van der Waals surface area contributed by atoms with Gasteiger partial charge in [-0.05, 0) is 60.6 Å². The summed E-state index contributed by atoms with van der Waals surface area (Å²) in [5.74, 6) is 0.156. The van der Waals surface area contributed by atoms with E-state index in [1.54, 1.807) is 43.5 Å². The summed E-state index contributed by atoms with van der Waals surface area (Å²) in [6.45, 7) is 1.89. The highest BCUT2D eigenvalue weighted by molar-refractivity contribution is 7.80. The van der Waals surface area contributed by atoms with Gasteiger partial charge in [-0.1, -0.05) is 18.2 Å². The van der Waals surface area contributed by atoms with Crippen LogP contribution >= 0.6 is 12.2 Å². The molecule has 0 aliphatic carbocycles. The minimum atomic E-state index is -0.537. The summed E-state index contributed by atoms with van der Waals surface area (Å²) in [5.41, 5.74) is 2.05. The predicted octanol–water partition coefficient (Wildman–Crippen LogP) is 2.84. The summed E-state index contributed by atoms with van der Waals surface area (Å²) in [6.07, 6.45) is 1.54. The molecule has 1 fully saturated rings. The topological polar surface area (TPSA) is 67.9 Å². The van der Waals surface area contributed by atoms with E-state index in [0.29, 0.717) is 17.0 Å². The highest BCUT2D eigenvalue weighted by atomic mass is 32.1. The number of hydrogen-bond donors (Lipinski definition) is 1. The molecule has 1 N–H and O–H groups in total. The van der Waals surface area contributed by atoms with Gasteiger partial charge in [0.1, 0.15) is 17.1 Å². The van der Waals surface area contributed by atoms with E-state index in [1.165, 1.54) is 18.1 Å². The molecule has 0 radical (unpaired) electrons. The Morgan fingerprint density at radius 1 is 1.04 bits per heavy atom. The Morgan fingerprint density at radius 2 is 1.74 bits per heavy atom. The molecule has 0 aromatic heterocycles. The molecule has 0 bridgehead atoms. The molecule has 2 amide bonds. The summed E-state index contributed by atoms with van der Waals surface area (Å²) >= 11 is 5.22. The molecule has 3 rings (SSSR count). The van der Waals surface area contributed by atoms with Crippen molar-refractivity contribution in [3.63, 3.8) is 0 Å². The lowest BCUT2D eigenvalue weighted by Gasteiger charge is -2.29. The second kappa shape index (κ2) is 7.59. The molecule has 1 aliphatic heterocycles. The van der Waals surface area contributed by atoms with E-state index in [2.05, 4.69) is 5.32 Å². The van der Waals surface area contributed by atoms with Crippen LogP contribution in [0.25, 0.3) is 6.08 Å². The molecule has 7 heteroatoms. The normalized spacial score (nSPS) is 15.7. The maximum absolute atomic E-state index is 13.1. The van der Waals surface area contributed by atoms with Crippen LogP contribution in [0.4, 0.5) is 5.69 Å². The molecular formula is C20H18N2O4S. The van der Waals surface area contributed by atoms with E-state index in [4.69, 9.17) is 21.7 Å². The number of amides is 2. The summed E-state index contributed by atoms with van der Waals surface area (Å²) in [4.78, 5) is 26.7. The highest BCUT2D eigenvalue weighted by Gasteiger charge is 2.35. The molecule has 2 aromatic rings. The zero-order chi connectivity index (χ0) is 19.6. The number of anilines is 1. The zero-order valence-corrected chi connectivity index (χ0v) is 15.9. The molecule has 0 saturated carbocycles. The highest BCUT2D eigenvalue weighted by Crippen LogP contribution is 2.31. The molecule has 1 aliphatic rings. The van der Waals surface area contributed by atoms with Crippen molar-refractivity contribution in [2.75, 3.05) is 19.1 Å². The average Bonchev–Trinajstić information content (AvgIpc) is 2.65. The second-order valence-corrected chi connectivity index (χ2v) is 6.25. The first-order valence-electron chi connectivity index (χ1n) is 8.15. The minimum Gasteiger partial charge on any atom is -0.496 e. The van der Waals surface area contributed by atoms with Crippen LogP contribution in [0.1, 0.15) is 11.1 Å². The van der Waals surface area contributed by atoms with Gasteiger partial charge in [-0.25, -0.2) is 4.90 Å². The third-order valence-electron chi connectivity index (χ3n) is 4.16. The van der Waals surface area contributed by atoms with Gasteiger partial charge in [-0.15, -0.1) is 0 Å². The number of rotatable bonds is 4. The van der Waals surface area contributed by atoms with E-state index in [9.17, 15) is 9.59 Å². The van der Waals surface area contributed by atoms with Crippen molar-refractivity contribution in [3.8, 4) is 11.5 Å². The van der Waals surface area contributed by atoms with E-state index < -0.39 is 11.8 Å². The summed E-state index contributed by atoms with van der Waals surface area (Å²) in [7, 11) is 3.09. The van der Waals surface area contributed by atoms with E-state index >= 15 is 0 Å². The van der Waals surface area contributed by atoms with Crippen LogP contribution in [0.3, 0.4) is 0 Å². The van der Waals surface area contributed by atoms with Gasteiger partial charge in [0.05, 0.1) is 19.9 Å². The fourth-order valence-electron chi connectivity index (χ4n) is 2.85. The van der Waals surface area contributed by atoms with Gasteiger partial charge in [0, 0.05) is 0 Å². The molecule has 0 spiro atoms. The third kappa shape index (κ3) is 3.54. The monoisotopic (exact) mass is 382 g/mol. The zero-order valence-electron chi connectivity index (χ0n) is 15.1. The number of carbonyl (C=O) groups excluding carboxylic acids is 2. The van der Waals surface area contributed by atoms with Crippen molar-refractivity contribution >= 4 is 40.9 Å². The lowest BCUT2D eigenvalue weighted by atomic mass is 10.0. The van der Waals surface area contributed by atoms with Gasteiger partial charge in [-0.2, -0.15) is 0 Å². The fourth-order valence-corrected chi connectivity index (χ4v) is 3.12. The first-order valence-corrected chi connectivity index (χ1v) is 8.56. The van der Waals surface area contributed by atoms with Crippen LogP contribution in [0.5, 0.6) is 11.5 Å². The lowest BCUT2D eigenvalue weighted by molar-refractivity contribution is -0.122. The first kappa shape index (κ1) is 18.6. The van der Waals surface area contributed by atoms with Crippen LogP contribution in [0, 0.1) is 6.92 Å². The van der Waals surface area contributed by atoms with Crippen molar-refractivity contribution in [1.82, 2.24) is 5.32 Å². The molecule has 6 nitrogen and oxygen atoms in total. The number of benzene rings is 2. The lowest BCUT2D eigenvalue weighted by Crippen LogP contribution is -2.54. The Bertz CT molecular complexity index is 968. The maximum Gasteiger partial charge on any atom is 0.270 e. The number of methoxy groups -OCH3 is 2. The molecule has 1 saturated heterocycles. The van der Waals surface area contributed by atoms with Gasteiger partial charge < -0.3 is 9.47 Å². The number of carbonyl (C=O) groups is 2. The van der Waals surface area contributed by atoms with Crippen LogP contribution in [-0.2, 0) is 9.59 Å². The molecular weight excluding hydrogens is 364 g/mol. The van der Waals surface area contributed by atoms with Gasteiger partial charge in [0.15, 0.2) is 5.11 Å². The Hall–Kier alpha value is -3.19.